The quantitative estimate of drug-likeness (QED) is 0.299. The van der Waals surface area contributed by atoms with Crippen LogP contribution in [0.1, 0.15) is 118 Å². The number of allylic oxidation sites excluding steroid dienone is 4. The number of carbonyl (C=O) groups excluding carboxylic acids is 1. The third-order valence-corrected chi connectivity index (χ3v) is 12.2. The zero-order valence-corrected chi connectivity index (χ0v) is 24.4. The molecule has 0 radical (unpaired) electrons. The second-order valence-electron chi connectivity index (χ2n) is 15.1. The summed E-state index contributed by atoms with van der Waals surface area (Å²) in [4.78, 5) is 12.5. The number of carbonyl (C=O) groups is 1. The molecule has 5 atom stereocenters. The maximum absolute atomic E-state index is 12.5. The Bertz CT molecular complexity index is 867. The molecule has 37 heavy (non-hydrogen) atoms. The van der Waals surface area contributed by atoms with Gasteiger partial charge in [0, 0.05) is 0 Å². The Morgan fingerprint density at radius 1 is 0.838 bits per heavy atom. The van der Waals surface area contributed by atoms with Crippen molar-refractivity contribution in [1.29, 1.82) is 0 Å². The highest BCUT2D eigenvalue weighted by molar-refractivity contribution is 5.74. The number of hydrogen-bond donors (Lipinski definition) is 1. The summed E-state index contributed by atoms with van der Waals surface area (Å²) in [6.45, 7) is 11.7. The molecule has 0 heterocycles. The molecular formula is C34H54O3. The summed E-state index contributed by atoms with van der Waals surface area (Å²) in [7, 11) is 0. The molecule has 3 heteroatoms. The second-order valence-corrected chi connectivity index (χ2v) is 15.1. The number of fused-ring (bicyclic) bond motifs is 4. The predicted molar refractivity (Wildman–Crippen MR) is 151 cm³/mol. The monoisotopic (exact) mass is 510 g/mol. The highest BCUT2D eigenvalue weighted by Crippen LogP contribution is 2.63. The summed E-state index contributed by atoms with van der Waals surface area (Å²) < 4.78 is 5.89. The summed E-state index contributed by atoms with van der Waals surface area (Å²) >= 11 is 0. The SMILES string of the molecule is CC(C)(OC(=O)C1CC2C=CC1C2)C1CCC(O)CC1.CC1CCC(C(C)(C)C23C=CC(CC2)C3)CC1. The van der Waals surface area contributed by atoms with Crippen molar-refractivity contribution < 1.29 is 14.6 Å². The van der Waals surface area contributed by atoms with E-state index in [1.54, 1.807) is 0 Å². The number of hydrogen-bond acceptors (Lipinski definition) is 3. The standard InChI is InChI=1S/C17H26O3.C17H28/c1-17(2,13-5-7-14(18)8-6-13)20-16(19)15-10-11-3-4-12(15)9-11;1-13-4-6-15(7-5-13)16(2,3)17-10-8-14(12-17)9-11-17/h3-4,11-15,18H,5-10H2,1-2H3;8,10,13-15H,4-7,9,11-12H2,1-3H3. The largest absolute Gasteiger partial charge is 0.459 e. The number of aliphatic hydroxyl groups is 1. The van der Waals surface area contributed by atoms with Gasteiger partial charge in [-0.15, -0.1) is 0 Å². The molecule has 5 unspecified atom stereocenters. The van der Waals surface area contributed by atoms with Gasteiger partial charge in [0.05, 0.1) is 12.0 Å². The van der Waals surface area contributed by atoms with Crippen LogP contribution < -0.4 is 0 Å². The van der Waals surface area contributed by atoms with Gasteiger partial charge in [-0.3, -0.25) is 4.79 Å². The van der Waals surface area contributed by atoms with E-state index in [4.69, 9.17) is 4.74 Å². The first-order valence-electron chi connectivity index (χ1n) is 15.8. The summed E-state index contributed by atoms with van der Waals surface area (Å²) in [6.07, 6.45) is 25.4. The van der Waals surface area contributed by atoms with Gasteiger partial charge in [0.1, 0.15) is 5.60 Å². The Labute approximate surface area is 226 Å². The molecule has 208 valence electrons. The highest BCUT2D eigenvalue weighted by Gasteiger charge is 2.53. The average molecular weight is 511 g/mol. The fraction of sp³-hybridized carbons (Fsp3) is 0.853. The summed E-state index contributed by atoms with van der Waals surface area (Å²) in [6, 6.07) is 0. The normalized spacial score (nSPS) is 42.5. The Hall–Kier alpha value is -1.09. The number of ether oxygens (including phenoxy) is 1. The zero-order valence-electron chi connectivity index (χ0n) is 24.4. The minimum absolute atomic E-state index is 0.00188. The lowest BCUT2D eigenvalue weighted by Crippen LogP contribution is -2.41. The van der Waals surface area contributed by atoms with Crippen molar-refractivity contribution in [3.8, 4) is 0 Å². The van der Waals surface area contributed by atoms with E-state index in [0.29, 0.717) is 28.6 Å². The average Bonchev–Trinajstić information content (AvgIpc) is 3.67. The van der Waals surface area contributed by atoms with Gasteiger partial charge in [-0.1, -0.05) is 57.9 Å². The van der Waals surface area contributed by atoms with Gasteiger partial charge in [0.2, 0.25) is 0 Å². The molecule has 6 rings (SSSR count). The van der Waals surface area contributed by atoms with E-state index in [1.807, 2.05) is 13.8 Å². The smallest absolute Gasteiger partial charge is 0.310 e. The van der Waals surface area contributed by atoms with Crippen LogP contribution in [0.15, 0.2) is 24.3 Å². The summed E-state index contributed by atoms with van der Waals surface area (Å²) in [5.74, 6) is 4.36. The zero-order chi connectivity index (χ0) is 26.4. The minimum atomic E-state index is -0.400. The van der Waals surface area contributed by atoms with E-state index in [0.717, 1.165) is 56.3 Å². The molecule has 6 aliphatic rings. The molecule has 4 saturated carbocycles. The van der Waals surface area contributed by atoms with Crippen molar-refractivity contribution in [3.63, 3.8) is 0 Å². The van der Waals surface area contributed by atoms with Crippen molar-refractivity contribution in [2.45, 2.75) is 130 Å². The Kier molecular flexibility index (Phi) is 7.78. The molecule has 0 aromatic carbocycles. The Balaban J connectivity index is 0.000000153. The van der Waals surface area contributed by atoms with Crippen molar-refractivity contribution in [2.24, 2.45) is 52.3 Å². The number of rotatable bonds is 5. The van der Waals surface area contributed by atoms with E-state index in [9.17, 15) is 9.90 Å². The van der Waals surface area contributed by atoms with E-state index in [1.165, 1.54) is 44.9 Å². The molecular weight excluding hydrogens is 456 g/mol. The van der Waals surface area contributed by atoms with Crippen LogP contribution in [0.5, 0.6) is 0 Å². The van der Waals surface area contributed by atoms with Gasteiger partial charge < -0.3 is 9.84 Å². The van der Waals surface area contributed by atoms with Crippen LogP contribution in [-0.2, 0) is 9.53 Å². The molecule has 1 N–H and O–H groups in total. The molecule has 3 nitrogen and oxygen atoms in total. The maximum atomic E-state index is 12.5. The Morgan fingerprint density at radius 3 is 2.03 bits per heavy atom. The van der Waals surface area contributed by atoms with Crippen LogP contribution in [0.25, 0.3) is 0 Å². The third-order valence-electron chi connectivity index (χ3n) is 12.2. The van der Waals surface area contributed by atoms with Crippen LogP contribution in [0.2, 0.25) is 0 Å². The molecule has 0 aliphatic heterocycles. The molecule has 4 bridgehead atoms. The lowest BCUT2D eigenvalue weighted by Gasteiger charge is -2.49. The molecule has 0 aromatic rings. The van der Waals surface area contributed by atoms with E-state index in [-0.39, 0.29) is 18.0 Å². The van der Waals surface area contributed by atoms with Gasteiger partial charge in [-0.05, 0) is 131 Å². The van der Waals surface area contributed by atoms with Crippen molar-refractivity contribution in [1.82, 2.24) is 0 Å². The third kappa shape index (κ3) is 5.50. The highest BCUT2D eigenvalue weighted by atomic mass is 16.6. The van der Waals surface area contributed by atoms with Gasteiger partial charge >= 0.3 is 5.97 Å². The number of esters is 1. The number of aliphatic hydroxyl groups excluding tert-OH is 1. The van der Waals surface area contributed by atoms with Crippen LogP contribution in [-0.4, -0.2) is 22.8 Å². The van der Waals surface area contributed by atoms with Gasteiger partial charge in [-0.25, -0.2) is 0 Å². The molecule has 4 fully saturated rings. The van der Waals surface area contributed by atoms with Crippen LogP contribution in [0, 0.1) is 52.3 Å². The fourth-order valence-electron chi connectivity index (χ4n) is 9.18. The summed E-state index contributed by atoms with van der Waals surface area (Å²) in [5, 5.41) is 9.60. The molecule has 6 aliphatic carbocycles. The van der Waals surface area contributed by atoms with Gasteiger partial charge in [0.25, 0.3) is 0 Å². The van der Waals surface area contributed by atoms with Crippen molar-refractivity contribution in [3.05, 3.63) is 24.3 Å². The summed E-state index contributed by atoms with van der Waals surface area (Å²) in [5.41, 5.74) is 0.709. The van der Waals surface area contributed by atoms with Crippen LogP contribution in [0.4, 0.5) is 0 Å². The minimum Gasteiger partial charge on any atom is -0.459 e. The van der Waals surface area contributed by atoms with Gasteiger partial charge in [-0.2, -0.15) is 0 Å². The first kappa shape index (κ1) is 27.5. The first-order chi connectivity index (χ1) is 17.5. The van der Waals surface area contributed by atoms with Crippen molar-refractivity contribution >= 4 is 5.97 Å². The first-order valence-corrected chi connectivity index (χ1v) is 15.8. The molecule has 0 amide bonds. The Morgan fingerprint density at radius 2 is 1.51 bits per heavy atom. The lowest BCUT2D eigenvalue weighted by atomic mass is 9.55. The molecule has 0 aromatic heterocycles. The fourth-order valence-corrected chi connectivity index (χ4v) is 9.18. The molecule has 0 spiro atoms. The van der Waals surface area contributed by atoms with Crippen LogP contribution >= 0.6 is 0 Å². The molecule has 0 saturated heterocycles. The van der Waals surface area contributed by atoms with Crippen molar-refractivity contribution in [2.75, 3.05) is 0 Å². The maximum Gasteiger partial charge on any atom is 0.310 e. The predicted octanol–water partition coefficient (Wildman–Crippen LogP) is 8.27. The van der Waals surface area contributed by atoms with E-state index in [2.05, 4.69) is 45.1 Å². The van der Waals surface area contributed by atoms with E-state index >= 15 is 0 Å². The topological polar surface area (TPSA) is 46.5 Å². The van der Waals surface area contributed by atoms with E-state index < -0.39 is 5.60 Å². The van der Waals surface area contributed by atoms with Gasteiger partial charge in [0.15, 0.2) is 0 Å². The lowest BCUT2D eigenvalue weighted by molar-refractivity contribution is -0.169. The van der Waals surface area contributed by atoms with Crippen LogP contribution in [0.3, 0.4) is 0 Å². The second kappa shape index (κ2) is 10.5.